The van der Waals surface area contributed by atoms with Gasteiger partial charge < -0.3 is 9.47 Å². The third kappa shape index (κ3) is 4.42. The first-order chi connectivity index (χ1) is 12.7. The van der Waals surface area contributed by atoms with Gasteiger partial charge >= 0.3 is 0 Å². The van der Waals surface area contributed by atoms with E-state index in [1.165, 1.54) is 0 Å². The van der Waals surface area contributed by atoms with Crippen LogP contribution in [-0.2, 0) is 12.8 Å². The highest BCUT2D eigenvalue weighted by atomic mass is 16.5. The maximum absolute atomic E-state index is 11.6. The SMILES string of the molecule is C=CCc1cc(C=O)c(OCC)c(-c2ccc(OCC)c(CC=C)c2)c1. The molecular weight excluding hydrogens is 324 g/mol. The van der Waals surface area contributed by atoms with Crippen LogP contribution in [-0.4, -0.2) is 19.5 Å². The molecule has 0 saturated carbocycles. The van der Waals surface area contributed by atoms with Crippen LogP contribution in [0.15, 0.2) is 55.6 Å². The van der Waals surface area contributed by atoms with Gasteiger partial charge in [-0.2, -0.15) is 0 Å². The summed E-state index contributed by atoms with van der Waals surface area (Å²) in [6, 6.07) is 9.97. The van der Waals surface area contributed by atoms with Crippen LogP contribution in [0, 0.1) is 0 Å². The Hall–Kier alpha value is -2.81. The van der Waals surface area contributed by atoms with Gasteiger partial charge in [-0.1, -0.05) is 18.2 Å². The highest BCUT2D eigenvalue weighted by Gasteiger charge is 2.15. The van der Waals surface area contributed by atoms with Crippen LogP contribution < -0.4 is 9.47 Å². The van der Waals surface area contributed by atoms with E-state index in [1.807, 2.05) is 44.2 Å². The lowest BCUT2D eigenvalue weighted by Crippen LogP contribution is -2.01. The highest BCUT2D eigenvalue weighted by molar-refractivity contribution is 5.87. The molecule has 136 valence electrons. The van der Waals surface area contributed by atoms with Gasteiger partial charge in [0.15, 0.2) is 6.29 Å². The summed E-state index contributed by atoms with van der Waals surface area (Å²) in [6.07, 6.45) is 5.93. The molecule has 3 heteroatoms. The smallest absolute Gasteiger partial charge is 0.153 e. The molecule has 0 unspecified atom stereocenters. The molecule has 2 aromatic rings. The van der Waals surface area contributed by atoms with E-state index in [1.54, 1.807) is 0 Å². The molecule has 26 heavy (non-hydrogen) atoms. The van der Waals surface area contributed by atoms with E-state index in [9.17, 15) is 4.79 Å². The Labute approximate surface area is 156 Å². The summed E-state index contributed by atoms with van der Waals surface area (Å²) in [4.78, 5) is 11.6. The molecule has 0 radical (unpaired) electrons. The molecule has 0 fully saturated rings. The molecule has 2 rings (SSSR count). The van der Waals surface area contributed by atoms with Crippen molar-refractivity contribution >= 4 is 6.29 Å². The average Bonchev–Trinajstić information content (AvgIpc) is 2.65. The van der Waals surface area contributed by atoms with E-state index >= 15 is 0 Å². The van der Waals surface area contributed by atoms with Gasteiger partial charge in [0.2, 0.25) is 0 Å². The van der Waals surface area contributed by atoms with Crippen molar-refractivity contribution in [2.75, 3.05) is 13.2 Å². The van der Waals surface area contributed by atoms with Gasteiger partial charge in [0.05, 0.1) is 18.8 Å². The minimum absolute atomic E-state index is 0.491. The minimum Gasteiger partial charge on any atom is -0.494 e. The normalized spacial score (nSPS) is 10.2. The van der Waals surface area contributed by atoms with Gasteiger partial charge in [0.25, 0.3) is 0 Å². The lowest BCUT2D eigenvalue weighted by atomic mass is 9.95. The van der Waals surface area contributed by atoms with Gasteiger partial charge in [0.1, 0.15) is 11.5 Å². The summed E-state index contributed by atoms with van der Waals surface area (Å²) in [5.41, 5.74) is 4.54. The summed E-state index contributed by atoms with van der Waals surface area (Å²) >= 11 is 0. The van der Waals surface area contributed by atoms with Crippen LogP contribution >= 0.6 is 0 Å². The van der Waals surface area contributed by atoms with Crippen molar-refractivity contribution < 1.29 is 14.3 Å². The van der Waals surface area contributed by atoms with Gasteiger partial charge in [-0.3, -0.25) is 4.79 Å². The third-order valence-electron chi connectivity index (χ3n) is 4.01. The van der Waals surface area contributed by atoms with E-state index in [-0.39, 0.29) is 0 Å². The number of ether oxygens (including phenoxy) is 2. The zero-order valence-corrected chi connectivity index (χ0v) is 15.6. The number of carbonyl (C=O) groups excluding carboxylic acids is 1. The van der Waals surface area contributed by atoms with Gasteiger partial charge in [-0.05, 0) is 67.6 Å². The van der Waals surface area contributed by atoms with Crippen molar-refractivity contribution in [3.63, 3.8) is 0 Å². The molecule has 0 aliphatic heterocycles. The molecule has 0 atom stereocenters. The summed E-state index contributed by atoms with van der Waals surface area (Å²) < 4.78 is 11.5. The second-order valence-electron chi connectivity index (χ2n) is 5.85. The minimum atomic E-state index is 0.491. The molecule has 0 spiro atoms. The fourth-order valence-electron chi connectivity index (χ4n) is 2.96. The zero-order valence-electron chi connectivity index (χ0n) is 15.6. The average molecular weight is 350 g/mol. The Bertz CT molecular complexity index is 790. The molecule has 0 aromatic heterocycles. The van der Waals surface area contributed by atoms with Crippen molar-refractivity contribution in [1.82, 2.24) is 0 Å². The molecule has 0 heterocycles. The quantitative estimate of drug-likeness (QED) is 0.424. The first-order valence-electron chi connectivity index (χ1n) is 8.91. The number of benzene rings is 2. The topological polar surface area (TPSA) is 35.5 Å². The first-order valence-corrected chi connectivity index (χ1v) is 8.91. The number of allylic oxidation sites excluding steroid dienone is 2. The second kappa shape index (κ2) is 9.62. The van der Waals surface area contributed by atoms with Crippen LogP contribution in [0.4, 0.5) is 0 Å². The molecule has 3 nitrogen and oxygen atoms in total. The molecular formula is C23H26O3. The summed E-state index contributed by atoms with van der Waals surface area (Å²) in [5, 5.41) is 0. The third-order valence-corrected chi connectivity index (χ3v) is 4.01. The fraction of sp³-hybridized carbons (Fsp3) is 0.261. The number of hydrogen-bond donors (Lipinski definition) is 0. The van der Waals surface area contributed by atoms with Gasteiger partial charge in [0, 0.05) is 5.56 Å². The maximum Gasteiger partial charge on any atom is 0.153 e. The number of aldehydes is 1. The molecule has 0 aliphatic rings. The largest absolute Gasteiger partial charge is 0.494 e. The first kappa shape index (κ1) is 19.5. The Morgan fingerprint density at radius 3 is 2.31 bits per heavy atom. The molecule has 0 N–H and O–H groups in total. The fourth-order valence-corrected chi connectivity index (χ4v) is 2.96. The zero-order chi connectivity index (χ0) is 18.9. The molecule has 0 aliphatic carbocycles. The predicted molar refractivity (Wildman–Crippen MR) is 107 cm³/mol. The van der Waals surface area contributed by atoms with Gasteiger partial charge in [-0.25, -0.2) is 0 Å². The number of hydrogen-bond acceptors (Lipinski definition) is 3. The van der Waals surface area contributed by atoms with E-state index in [0.717, 1.165) is 34.3 Å². The van der Waals surface area contributed by atoms with Crippen molar-refractivity contribution in [3.05, 3.63) is 72.3 Å². The molecule has 0 saturated heterocycles. The van der Waals surface area contributed by atoms with Gasteiger partial charge in [-0.15, -0.1) is 13.2 Å². The van der Waals surface area contributed by atoms with Crippen LogP contribution in [0.25, 0.3) is 11.1 Å². The van der Waals surface area contributed by atoms with Crippen LogP contribution in [0.2, 0.25) is 0 Å². The molecule has 0 bridgehead atoms. The maximum atomic E-state index is 11.6. The van der Waals surface area contributed by atoms with E-state index in [2.05, 4.69) is 25.3 Å². The van der Waals surface area contributed by atoms with Crippen molar-refractivity contribution in [2.24, 2.45) is 0 Å². The van der Waals surface area contributed by atoms with Crippen LogP contribution in [0.3, 0.4) is 0 Å². The van der Waals surface area contributed by atoms with E-state index in [4.69, 9.17) is 9.47 Å². The Kier molecular flexibility index (Phi) is 7.22. The Morgan fingerprint density at radius 1 is 0.962 bits per heavy atom. The Balaban J connectivity index is 2.66. The second-order valence-corrected chi connectivity index (χ2v) is 5.85. The standard InChI is InChI=1S/C23H26O3/c1-5-9-17-13-20(16-24)23(26-8-4)21(14-17)18-11-12-22(25-7-3)19(15-18)10-6-2/h5-6,11-16H,1-2,7-10H2,3-4H3. The lowest BCUT2D eigenvalue weighted by molar-refractivity contribution is 0.112. The van der Waals surface area contributed by atoms with Crippen molar-refractivity contribution in [3.8, 4) is 22.6 Å². The number of rotatable bonds is 10. The van der Waals surface area contributed by atoms with Crippen molar-refractivity contribution in [2.45, 2.75) is 26.7 Å². The van der Waals surface area contributed by atoms with Crippen molar-refractivity contribution in [1.29, 1.82) is 0 Å². The molecule has 2 aromatic carbocycles. The summed E-state index contributed by atoms with van der Waals surface area (Å²) in [6.45, 7) is 12.6. The number of carbonyl (C=O) groups is 1. The highest BCUT2D eigenvalue weighted by Crippen LogP contribution is 2.36. The van der Waals surface area contributed by atoms with Crippen LogP contribution in [0.1, 0.15) is 35.3 Å². The monoisotopic (exact) mass is 350 g/mol. The van der Waals surface area contributed by atoms with E-state index < -0.39 is 0 Å². The van der Waals surface area contributed by atoms with E-state index in [0.29, 0.717) is 37.4 Å². The van der Waals surface area contributed by atoms with Crippen LogP contribution in [0.5, 0.6) is 11.5 Å². The summed E-state index contributed by atoms with van der Waals surface area (Å²) in [7, 11) is 0. The molecule has 0 amide bonds. The lowest BCUT2D eigenvalue weighted by Gasteiger charge is -2.17. The predicted octanol–water partition coefficient (Wildman–Crippen LogP) is 5.42. The Morgan fingerprint density at radius 2 is 1.69 bits per heavy atom. The summed E-state index contributed by atoms with van der Waals surface area (Å²) in [5.74, 6) is 1.47.